The zero-order valence-corrected chi connectivity index (χ0v) is 20.4. The number of anilines is 1. The summed E-state index contributed by atoms with van der Waals surface area (Å²) < 4.78 is 128. The number of hydrogen-bond acceptors (Lipinski definition) is 6. The van der Waals surface area contributed by atoms with E-state index in [1.54, 1.807) is 0 Å². The highest BCUT2D eigenvalue weighted by Crippen LogP contribution is 2.36. The van der Waals surface area contributed by atoms with Gasteiger partial charge in [-0.15, -0.1) is 0 Å². The van der Waals surface area contributed by atoms with Gasteiger partial charge in [0.1, 0.15) is 5.82 Å². The SMILES string of the molecule is C/C=C(\C=C/COC(C)(C(=O)OC)C(F)(F)F)S(=O)(=O)N[C@H](C)CNc1ccc(F)cc1C(F)(F)F. The summed E-state index contributed by atoms with van der Waals surface area (Å²) in [4.78, 5) is 11.1. The Morgan fingerprint density at radius 2 is 1.78 bits per heavy atom. The van der Waals surface area contributed by atoms with Crippen molar-refractivity contribution in [1.29, 1.82) is 0 Å². The first-order chi connectivity index (χ1) is 16.4. The summed E-state index contributed by atoms with van der Waals surface area (Å²) in [6.45, 7) is 2.00. The zero-order valence-electron chi connectivity index (χ0n) is 19.6. The Kier molecular flexibility index (Phi) is 10.5. The molecule has 0 saturated carbocycles. The van der Waals surface area contributed by atoms with Gasteiger partial charge in [0.15, 0.2) is 0 Å². The highest BCUT2D eigenvalue weighted by Gasteiger charge is 2.59. The molecule has 204 valence electrons. The molecule has 15 heteroatoms. The maximum atomic E-state index is 13.2. The maximum absolute atomic E-state index is 13.2. The second-order valence-corrected chi connectivity index (χ2v) is 9.23. The number of alkyl halides is 6. The van der Waals surface area contributed by atoms with Gasteiger partial charge in [0.25, 0.3) is 5.60 Å². The molecule has 0 heterocycles. The first-order valence-electron chi connectivity index (χ1n) is 10.1. The van der Waals surface area contributed by atoms with Gasteiger partial charge in [-0.05, 0) is 45.0 Å². The van der Waals surface area contributed by atoms with Gasteiger partial charge in [0, 0.05) is 18.3 Å². The van der Waals surface area contributed by atoms with Crippen molar-refractivity contribution < 1.29 is 53.4 Å². The van der Waals surface area contributed by atoms with Crippen LogP contribution in [0.4, 0.5) is 36.4 Å². The zero-order chi connectivity index (χ0) is 27.9. The largest absolute Gasteiger partial charge is 0.467 e. The van der Waals surface area contributed by atoms with Crippen LogP contribution in [0, 0.1) is 5.82 Å². The molecule has 0 aromatic heterocycles. The van der Waals surface area contributed by atoms with E-state index >= 15 is 0 Å². The Bertz CT molecular complexity index is 1090. The molecule has 0 aliphatic heterocycles. The Morgan fingerprint density at radius 3 is 2.28 bits per heavy atom. The average Bonchev–Trinajstić information content (AvgIpc) is 2.75. The molecule has 0 fully saturated rings. The molecule has 0 aliphatic rings. The fourth-order valence-electron chi connectivity index (χ4n) is 2.71. The molecule has 0 amide bonds. The van der Waals surface area contributed by atoms with Gasteiger partial charge >= 0.3 is 18.3 Å². The molecular formula is C21H25F7N2O5S. The van der Waals surface area contributed by atoms with Crippen LogP contribution in [0.2, 0.25) is 0 Å². The van der Waals surface area contributed by atoms with Crippen LogP contribution in [0.3, 0.4) is 0 Å². The van der Waals surface area contributed by atoms with E-state index in [0.717, 1.165) is 37.5 Å². The summed E-state index contributed by atoms with van der Waals surface area (Å²) in [5, 5.41) is 2.40. The molecule has 2 N–H and O–H groups in total. The monoisotopic (exact) mass is 550 g/mol. The van der Waals surface area contributed by atoms with Crippen molar-refractivity contribution in [3.8, 4) is 0 Å². The normalized spacial score (nSPS) is 16.0. The van der Waals surface area contributed by atoms with Crippen molar-refractivity contribution in [2.24, 2.45) is 0 Å². The molecule has 7 nitrogen and oxygen atoms in total. The van der Waals surface area contributed by atoms with E-state index in [1.807, 2.05) is 0 Å². The second kappa shape index (κ2) is 12.1. The molecule has 0 bridgehead atoms. The van der Waals surface area contributed by atoms with Gasteiger partial charge in [0.05, 0.1) is 24.2 Å². The summed E-state index contributed by atoms with van der Waals surface area (Å²) in [6.07, 6.45) is -6.99. The summed E-state index contributed by atoms with van der Waals surface area (Å²) in [5.74, 6) is -2.79. The third-order valence-corrected chi connectivity index (χ3v) is 6.41. The van der Waals surface area contributed by atoms with Gasteiger partial charge in [-0.2, -0.15) is 26.3 Å². The summed E-state index contributed by atoms with van der Waals surface area (Å²) in [7, 11) is -3.51. The van der Waals surface area contributed by atoms with Crippen molar-refractivity contribution in [3.05, 3.63) is 52.7 Å². The number of nitrogens with one attached hydrogen (secondary N) is 2. The smallest absolute Gasteiger partial charge is 0.428 e. The lowest BCUT2D eigenvalue weighted by molar-refractivity contribution is -0.267. The average molecular weight is 550 g/mol. The van der Waals surface area contributed by atoms with E-state index in [4.69, 9.17) is 0 Å². The van der Waals surface area contributed by atoms with Crippen LogP contribution >= 0.6 is 0 Å². The van der Waals surface area contributed by atoms with Crippen LogP contribution in [0.5, 0.6) is 0 Å². The molecule has 36 heavy (non-hydrogen) atoms. The van der Waals surface area contributed by atoms with Gasteiger partial charge in [-0.25, -0.2) is 22.3 Å². The van der Waals surface area contributed by atoms with Crippen LogP contribution in [-0.4, -0.2) is 52.5 Å². The lowest BCUT2D eigenvalue weighted by atomic mass is 10.1. The number of methoxy groups -OCH3 is 1. The standard InChI is InChI=1S/C21H25F7N2O5S/c1-5-15(7-6-10-35-19(3,18(31)34-4)21(26,27)28)36(32,33)30-13(2)12-29-17-9-8-14(22)11-16(17)20(23,24)25/h5-9,11,13,29-30H,10,12H2,1-4H3/b7-6-,15-5+/t13-,19?/m1/s1. The van der Waals surface area contributed by atoms with Gasteiger partial charge < -0.3 is 14.8 Å². The van der Waals surface area contributed by atoms with Crippen molar-refractivity contribution >= 4 is 21.7 Å². The number of sulfonamides is 1. The molecule has 1 rings (SSSR count). The number of ether oxygens (including phenoxy) is 2. The molecule has 0 radical (unpaired) electrons. The summed E-state index contributed by atoms with van der Waals surface area (Å²) >= 11 is 0. The summed E-state index contributed by atoms with van der Waals surface area (Å²) in [5.41, 5.74) is -5.02. The van der Waals surface area contributed by atoms with Gasteiger partial charge in [-0.3, -0.25) is 0 Å². The van der Waals surface area contributed by atoms with E-state index in [2.05, 4.69) is 19.5 Å². The fraction of sp³-hybridized carbons (Fsp3) is 0.476. The first kappa shape index (κ1) is 31.4. The minimum absolute atomic E-state index is 0.298. The van der Waals surface area contributed by atoms with Crippen LogP contribution in [-0.2, 0) is 30.5 Å². The topological polar surface area (TPSA) is 93.7 Å². The van der Waals surface area contributed by atoms with Crippen LogP contribution in [0.15, 0.2) is 41.3 Å². The number of hydrogen-bond donors (Lipinski definition) is 2. The highest BCUT2D eigenvalue weighted by molar-refractivity contribution is 7.93. The van der Waals surface area contributed by atoms with Crippen molar-refractivity contribution in [2.45, 2.75) is 44.8 Å². The van der Waals surface area contributed by atoms with E-state index < -0.39 is 63.7 Å². The quantitative estimate of drug-likeness (QED) is 0.239. The van der Waals surface area contributed by atoms with Crippen LogP contribution in [0.1, 0.15) is 26.3 Å². The van der Waals surface area contributed by atoms with Crippen LogP contribution in [0.25, 0.3) is 0 Å². The molecule has 2 atom stereocenters. The molecule has 0 aliphatic carbocycles. The number of carbonyl (C=O) groups excluding carboxylic acids is 1. The van der Waals surface area contributed by atoms with E-state index in [-0.39, 0.29) is 11.4 Å². The molecular weight excluding hydrogens is 525 g/mol. The Morgan fingerprint density at radius 1 is 1.17 bits per heavy atom. The van der Waals surface area contributed by atoms with Crippen LogP contribution < -0.4 is 10.0 Å². The third-order valence-electron chi connectivity index (χ3n) is 4.70. The lowest BCUT2D eigenvalue weighted by Crippen LogP contribution is -2.52. The number of benzene rings is 1. The number of esters is 1. The predicted octanol–water partition coefficient (Wildman–Crippen LogP) is 4.53. The number of carbonyl (C=O) groups is 1. The minimum atomic E-state index is -5.11. The predicted molar refractivity (Wildman–Crippen MR) is 117 cm³/mol. The molecule has 0 saturated heterocycles. The third kappa shape index (κ3) is 8.20. The molecule has 1 unspecified atom stereocenters. The Hall–Kier alpha value is -2.65. The number of rotatable bonds is 11. The van der Waals surface area contributed by atoms with E-state index in [1.165, 1.54) is 13.8 Å². The van der Waals surface area contributed by atoms with Gasteiger partial charge in [0.2, 0.25) is 10.0 Å². The van der Waals surface area contributed by atoms with E-state index in [9.17, 15) is 43.9 Å². The van der Waals surface area contributed by atoms with E-state index in [0.29, 0.717) is 13.0 Å². The van der Waals surface area contributed by atoms with Crippen molar-refractivity contribution in [2.75, 3.05) is 25.6 Å². The first-order valence-corrected chi connectivity index (χ1v) is 11.6. The van der Waals surface area contributed by atoms with Crippen molar-refractivity contribution in [1.82, 2.24) is 4.72 Å². The Balaban J connectivity index is 2.86. The fourth-order valence-corrected chi connectivity index (χ4v) is 4.05. The summed E-state index contributed by atoms with van der Waals surface area (Å²) in [6, 6.07) is 1.00. The maximum Gasteiger partial charge on any atom is 0.428 e. The highest BCUT2D eigenvalue weighted by atomic mass is 32.2. The number of allylic oxidation sites excluding steroid dienone is 2. The second-order valence-electron chi connectivity index (χ2n) is 7.52. The Labute approximate surface area is 203 Å². The lowest BCUT2D eigenvalue weighted by Gasteiger charge is -2.28. The number of halogens is 7. The molecule has 0 spiro atoms. The minimum Gasteiger partial charge on any atom is -0.467 e. The van der Waals surface area contributed by atoms with Gasteiger partial charge in [-0.1, -0.05) is 12.2 Å². The molecule has 1 aromatic carbocycles. The molecule has 1 aromatic rings. The van der Waals surface area contributed by atoms with Crippen molar-refractivity contribution in [3.63, 3.8) is 0 Å².